The van der Waals surface area contributed by atoms with Crippen LogP contribution in [-0.4, -0.2) is 55.8 Å². The summed E-state index contributed by atoms with van der Waals surface area (Å²) >= 11 is 0. The highest BCUT2D eigenvalue weighted by Crippen LogP contribution is 2.42. The average molecular weight is 335 g/mol. The lowest BCUT2D eigenvalue weighted by atomic mass is 9.92. The van der Waals surface area contributed by atoms with Crippen molar-refractivity contribution in [2.24, 2.45) is 0 Å². The molecule has 1 saturated heterocycles. The van der Waals surface area contributed by atoms with Crippen LogP contribution in [0.3, 0.4) is 0 Å². The van der Waals surface area contributed by atoms with Gasteiger partial charge in [-0.05, 0) is 44.8 Å². The minimum Gasteiger partial charge on any atom is -0.414 e. The van der Waals surface area contributed by atoms with Crippen molar-refractivity contribution in [3.63, 3.8) is 0 Å². The zero-order chi connectivity index (χ0) is 17.2. The number of hydrogen-bond donors (Lipinski definition) is 2. The van der Waals surface area contributed by atoms with Crippen molar-refractivity contribution in [3.05, 3.63) is 0 Å². The molecule has 1 aliphatic rings. The first-order chi connectivity index (χ1) is 9.89. The van der Waals surface area contributed by atoms with E-state index in [-0.39, 0.29) is 18.3 Å². The van der Waals surface area contributed by atoms with Crippen LogP contribution in [0.5, 0.6) is 0 Å². The first-order valence-electron chi connectivity index (χ1n) is 8.13. The van der Waals surface area contributed by atoms with Gasteiger partial charge in [0.2, 0.25) is 0 Å². The molecule has 2 N–H and O–H groups in total. The molecular formula is C16H34O5Si. The Bertz CT molecular complexity index is 364. The molecule has 0 aliphatic carbocycles. The van der Waals surface area contributed by atoms with Crippen LogP contribution < -0.4 is 0 Å². The summed E-state index contributed by atoms with van der Waals surface area (Å²) in [6.07, 6.45) is 0.766. The molecule has 132 valence electrons. The van der Waals surface area contributed by atoms with Crippen LogP contribution in [0, 0.1) is 0 Å². The van der Waals surface area contributed by atoms with Crippen LogP contribution in [0.25, 0.3) is 0 Å². The van der Waals surface area contributed by atoms with Gasteiger partial charge in [-0.2, -0.15) is 0 Å². The van der Waals surface area contributed by atoms with E-state index < -0.39 is 25.8 Å². The fraction of sp³-hybridized carbons (Fsp3) is 1.00. The fourth-order valence-corrected chi connectivity index (χ4v) is 3.58. The maximum Gasteiger partial charge on any atom is 0.192 e. The third-order valence-corrected chi connectivity index (χ3v) is 9.35. The largest absolute Gasteiger partial charge is 0.414 e. The molecule has 0 amide bonds. The van der Waals surface area contributed by atoms with Gasteiger partial charge in [0.05, 0.1) is 13.2 Å². The second-order valence-corrected chi connectivity index (χ2v) is 13.0. The van der Waals surface area contributed by atoms with Crippen LogP contribution in [0.1, 0.15) is 47.5 Å². The lowest BCUT2D eigenvalue weighted by Crippen LogP contribution is -2.51. The van der Waals surface area contributed by atoms with Crippen molar-refractivity contribution in [3.8, 4) is 0 Å². The Kier molecular flexibility index (Phi) is 6.26. The number of ether oxygens (including phenoxy) is 2. The van der Waals surface area contributed by atoms with E-state index in [1.54, 1.807) is 0 Å². The molecule has 2 atom stereocenters. The number of rotatable bonds is 7. The van der Waals surface area contributed by atoms with Gasteiger partial charge >= 0.3 is 0 Å². The van der Waals surface area contributed by atoms with Crippen molar-refractivity contribution < 1.29 is 24.1 Å². The summed E-state index contributed by atoms with van der Waals surface area (Å²) in [6.45, 7) is 15.0. The van der Waals surface area contributed by atoms with Gasteiger partial charge in [0.25, 0.3) is 0 Å². The Balaban J connectivity index is 2.94. The van der Waals surface area contributed by atoms with E-state index in [0.29, 0.717) is 19.4 Å². The zero-order valence-electron chi connectivity index (χ0n) is 15.2. The Labute approximate surface area is 136 Å². The van der Waals surface area contributed by atoms with E-state index in [2.05, 4.69) is 33.9 Å². The second-order valence-electron chi connectivity index (χ2n) is 8.23. The molecule has 0 aromatic carbocycles. The molecule has 0 bridgehead atoms. The van der Waals surface area contributed by atoms with E-state index in [4.69, 9.17) is 13.9 Å². The van der Waals surface area contributed by atoms with E-state index in [0.717, 1.165) is 0 Å². The summed E-state index contributed by atoms with van der Waals surface area (Å²) in [6, 6.07) is 0. The van der Waals surface area contributed by atoms with Crippen molar-refractivity contribution in [2.45, 2.75) is 83.1 Å². The zero-order valence-corrected chi connectivity index (χ0v) is 16.2. The first kappa shape index (κ1) is 20.1. The molecule has 0 aromatic rings. The van der Waals surface area contributed by atoms with Gasteiger partial charge < -0.3 is 24.1 Å². The Morgan fingerprint density at radius 2 is 1.77 bits per heavy atom. The molecule has 1 fully saturated rings. The van der Waals surface area contributed by atoms with Gasteiger partial charge in [-0.1, -0.05) is 20.8 Å². The summed E-state index contributed by atoms with van der Waals surface area (Å²) in [4.78, 5) is 0. The van der Waals surface area contributed by atoms with Gasteiger partial charge in [-0.15, -0.1) is 0 Å². The maximum atomic E-state index is 9.71. The average Bonchev–Trinajstić information content (AvgIpc) is 2.64. The van der Waals surface area contributed by atoms with Gasteiger partial charge in [0.15, 0.2) is 14.1 Å². The van der Waals surface area contributed by atoms with Crippen LogP contribution in [0.2, 0.25) is 18.1 Å². The SMILES string of the molecule is CC1(C)O[C@@H](CO)[C@](CCCO)(CO[Si](C)(C)C(C)(C)C)O1. The van der Waals surface area contributed by atoms with Gasteiger partial charge in [0, 0.05) is 6.61 Å². The van der Waals surface area contributed by atoms with Gasteiger partial charge in [-0.3, -0.25) is 0 Å². The summed E-state index contributed by atoms with van der Waals surface area (Å²) in [5.41, 5.74) is -0.698. The topological polar surface area (TPSA) is 68.2 Å². The Morgan fingerprint density at radius 3 is 2.23 bits per heavy atom. The third-order valence-electron chi connectivity index (χ3n) is 4.87. The highest BCUT2D eigenvalue weighted by Gasteiger charge is 2.54. The van der Waals surface area contributed by atoms with Crippen LogP contribution in [0.4, 0.5) is 0 Å². The molecule has 22 heavy (non-hydrogen) atoms. The summed E-state index contributed by atoms with van der Waals surface area (Å²) in [5, 5.41) is 19.0. The van der Waals surface area contributed by atoms with Crippen molar-refractivity contribution in [1.82, 2.24) is 0 Å². The molecule has 0 spiro atoms. The smallest absolute Gasteiger partial charge is 0.192 e. The number of aliphatic hydroxyl groups excluding tert-OH is 2. The third kappa shape index (κ3) is 4.52. The number of hydrogen-bond acceptors (Lipinski definition) is 5. The molecule has 0 unspecified atom stereocenters. The molecule has 1 heterocycles. The molecule has 6 heteroatoms. The molecule has 0 saturated carbocycles. The predicted molar refractivity (Wildman–Crippen MR) is 89.3 cm³/mol. The van der Waals surface area contributed by atoms with E-state index in [1.807, 2.05) is 13.8 Å². The van der Waals surface area contributed by atoms with Crippen molar-refractivity contribution in [1.29, 1.82) is 0 Å². The molecule has 1 aliphatic heterocycles. The lowest BCUT2D eigenvalue weighted by molar-refractivity contribution is -0.171. The quantitative estimate of drug-likeness (QED) is 0.701. The first-order valence-corrected chi connectivity index (χ1v) is 11.0. The molecule has 5 nitrogen and oxygen atoms in total. The molecule has 0 radical (unpaired) electrons. The fourth-order valence-electron chi connectivity index (χ4n) is 2.54. The van der Waals surface area contributed by atoms with Crippen LogP contribution in [0.15, 0.2) is 0 Å². The Hall–Kier alpha value is 0.0169. The van der Waals surface area contributed by atoms with E-state index >= 15 is 0 Å². The van der Waals surface area contributed by atoms with E-state index in [9.17, 15) is 10.2 Å². The summed E-state index contributed by atoms with van der Waals surface area (Å²) < 4.78 is 18.3. The minimum absolute atomic E-state index is 0.0871. The molecule has 1 rings (SSSR count). The monoisotopic (exact) mass is 334 g/mol. The molecular weight excluding hydrogens is 300 g/mol. The maximum absolute atomic E-state index is 9.71. The van der Waals surface area contributed by atoms with Crippen molar-refractivity contribution in [2.75, 3.05) is 19.8 Å². The van der Waals surface area contributed by atoms with Crippen LogP contribution in [-0.2, 0) is 13.9 Å². The second kappa shape index (κ2) is 6.87. The number of aliphatic hydroxyl groups is 2. The van der Waals surface area contributed by atoms with Gasteiger partial charge in [-0.25, -0.2) is 0 Å². The summed E-state index contributed by atoms with van der Waals surface area (Å²) in [7, 11) is -1.93. The normalized spacial score (nSPS) is 29.0. The van der Waals surface area contributed by atoms with E-state index in [1.165, 1.54) is 0 Å². The van der Waals surface area contributed by atoms with Gasteiger partial charge in [0.1, 0.15) is 11.7 Å². The minimum atomic E-state index is -1.93. The summed E-state index contributed by atoms with van der Waals surface area (Å²) in [5.74, 6) is -0.750. The van der Waals surface area contributed by atoms with Crippen LogP contribution >= 0.6 is 0 Å². The molecule has 0 aromatic heterocycles. The Morgan fingerprint density at radius 1 is 1.18 bits per heavy atom. The highest BCUT2D eigenvalue weighted by atomic mass is 28.4. The predicted octanol–water partition coefficient (Wildman–Crippen LogP) is 2.66. The van der Waals surface area contributed by atoms with Crippen molar-refractivity contribution >= 4 is 8.32 Å². The standard InChI is InChI=1S/C16H34O5Si/c1-14(2,3)22(6,7)19-12-16(9-8-10-17)13(11-18)20-15(4,5)21-16/h13,17-18H,8-12H2,1-7H3/t13-,16-/m0/s1. The lowest BCUT2D eigenvalue weighted by Gasteiger charge is -2.40. The highest BCUT2D eigenvalue weighted by molar-refractivity contribution is 6.74.